The molecule has 2 saturated heterocycles. The van der Waals surface area contributed by atoms with Crippen molar-refractivity contribution in [2.24, 2.45) is 0 Å². The molecule has 0 radical (unpaired) electrons. The molecule has 0 aromatic heterocycles. The van der Waals surface area contributed by atoms with E-state index in [2.05, 4.69) is 45.1 Å². The second kappa shape index (κ2) is 3.87. The maximum Gasteiger partial charge on any atom is 0.0237 e. The van der Waals surface area contributed by atoms with Crippen LogP contribution in [-0.2, 0) is 0 Å². The Hall–Kier alpha value is 1.40. The SMILES string of the molecule is C(SSC[C@H]1CS1)[C@H]1CS1. The number of rotatable bonds is 5. The molecule has 0 aromatic rings. The van der Waals surface area contributed by atoms with Gasteiger partial charge in [-0.05, 0) is 0 Å². The van der Waals surface area contributed by atoms with Gasteiger partial charge >= 0.3 is 0 Å². The van der Waals surface area contributed by atoms with E-state index in [0.717, 1.165) is 10.5 Å². The average Bonchev–Trinajstić information content (AvgIpc) is 2.77. The Kier molecular flexibility index (Phi) is 3.11. The van der Waals surface area contributed by atoms with Gasteiger partial charge in [0.05, 0.1) is 0 Å². The molecule has 2 aliphatic rings. The lowest BCUT2D eigenvalue weighted by molar-refractivity contribution is 1.27. The number of hydrogen-bond donors (Lipinski definition) is 0. The predicted octanol–water partition coefficient (Wildman–Crippen LogP) is 2.60. The van der Waals surface area contributed by atoms with Crippen LogP contribution in [-0.4, -0.2) is 33.5 Å². The first-order valence-electron chi connectivity index (χ1n) is 3.43. The fraction of sp³-hybridized carbons (Fsp3) is 1.00. The lowest BCUT2D eigenvalue weighted by Crippen LogP contribution is -1.87. The van der Waals surface area contributed by atoms with Gasteiger partial charge in [0, 0.05) is 33.5 Å². The standard InChI is InChI=1S/C6H10S4/c1-5(7-1)3-9-10-4-6-2-8-6/h5-6H,1-4H2/t5-,6-/m1/s1. The minimum absolute atomic E-state index is 1.02. The molecule has 10 heavy (non-hydrogen) atoms. The first-order valence-corrected chi connectivity index (χ1v) is 8.01. The zero-order valence-corrected chi connectivity index (χ0v) is 8.88. The summed E-state index contributed by atoms with van der Waals surface area (Å²) in [6.45, 7) is 0. The molecule has 2 fully saturated rings. The van der Waals surface area contributed by atoms with E-state index < -0.39 is 0 Å². The van der Waals surface area contributed by atoms with Crippen molar-refractivity contribution in [1.29, 1.82) is 0 Å². The highest BCUT2D eigenvalue weighted by Crippen LogP contribution is 2.40. The minimum atomic E-state index is 1.02. The van der Waals surface area contributed by atoms with E-state index in [0.29, 0.717) is 0 Å². The largest absolute Gasteiger partial charge is 0.156 e. The maximum atomic E-state index is 2.10. The summed E-state index contributed by atoms with van der Waals surface area (Å²) in [6.07, 6.45) is 0. The Morgan fingerprint density at radius 2 is 1.40 bits per heavy atom. The molecule has 58 valence electrons. The zero-order chi connectivity index (χ0) is 6.81. The van der Waals surface area contributed by atoms with Gasteiger partial charge < -0.3 is 0 Å². The summed E-state index contributed by atoms with van der Waals surface area (Å²) in [5, 5.41) is 2.04. The van der Waals surface area contributed by atoms with Gasteiger partial charge in [0.2, 0.25) is 0 Å². The van der Waals surface area contributed by atoms with Crippen LogP contribution in [0, 0.1) is 0 Å². The van der Waals surface area contributed by atoms with Crippen molar-refractivity contribution in [2.45, 2.75) is 10.5 Å². The maximum absolute atomic E-state index is 2.10. The summed E-state index contributed by atoms with van der Waals surface area (Å²) in [5.74, 6) is 5.61. The Balaban J connectivity index is 1.40. The van der Waals surface area contributed by atoms with Crippen LogP contribution in [0.5, 0.6) is 0 Å². The normalized spacial score (nSPS) is 36.0. The number of thioether (sulfide) groups is 2. The smallest absolute Gasteiger partial charge is 0.0237 e. The van der Waals surface area contributed by atoms with Crippen molar-refractivity contribution in [3.63, 3.8) is 0 Å². The highest BCUT2D eigenvalue weighted by Gasteiger charge is 2.24. The highest BCUT2D eigenvalue weighted by atomic mass is 33.1. The van der Waals surface area contributed by atoms with Crippen LogP contribution in [0.2, 0.25) is 0 Å². The van der Waals surface area contributed by atoms with E-state index >= 15 is 0 Å². The zero-order valence-electron chi connectivity index (χ0n) is 5.62. The van der Waals surface area contributed by atoms with Gasteiger partial charge in [-0.2, -0.15) is 23.5 Å². The second-order valence-corrected chi connectivity index (χ2v) is 7.70. The molecule has 0 aliphatic carbocycles. The minimum Gasteiger partial charge on any atom is -0.156 e. The topological polar surface area (TPSA) is 0 Å². The van der Waals surface area contributed by atoms with E-state index in [4.69, 9.17) is 0 Å². The van der Waals surface area contributed by atoms with Gasteiger partial charge in [0.15, 0.2) is 0 Å². The summed E-state index contributed by atoms with van der Waals surface area (Å²) in [4.78, 5) is 0. The molecule has 0 unspecified atom stereocenters. The van der Waals surface area contributed by atoms with Crippen LogP contribution >= 0.6 is 45.1 Å². The van der Waals surface area contributed by atoms with Crippen LogP contribution in [0.1, 0.15) is 0 Å². The number of hydrogen-bond acceptors (Lipinski definition) is 4. The van der Waals surface area contributed by atoms with Crippen molar-refractivity contribution in [1.82, 2.24) is 0 Å². The third-order valence-electron chi connectivity index (χ3n) is 1.40. The highest BCUT2D eigenvalue weighted by molar-refractivity contribution is 8.76. The van der Waals surface area contributed by atoms with E-state index in [-0.39, 0.29) is 0 Å². The molecule has 0 N–H and O–H groups in total. The van der Waals surface area contributed by atoms with Crippen LogP contribution in [0.4, 0.5) is 0 Å². The summed E-state index contributed by atoms with van der Waals surface area (Å²) in [7, 11) is 4.15. The summed E-state index contributed by atoms with van der Waals surface area (Å²) in [5.41, 5.74) is 0. The van der Waals surface area contributed by atoms with Gasteiger partial charge in [-0.3, -0.25) is 0 Å². The molecule has 0 bridgehead atoms. The van der Waals surface area contributed by atoms with Gasteiger partial charge in [-0.1, -0.05) is 21.6 Å². The van der Waals surface area contributed by atoms with E-state index in [1.165, 1.54) is 23.0 Å². The van der Waals surface area contributed by atoms with Crippen LogP contribution in [0.15, 0.2) is 0 Å². The Bertz CT molecular complexity index is 94.3. The van der Waals surface area contributed by atoms with Crippen molar-refractivity contribution >= 4 is 45.1 Å². The van der Waals surface area contributed by atoms with E-state index in [1.807, 2.05) is 0 Å². The lowest BCUT2D eigenvalue weighted by atomic mass is 10.6. The third-order valence-corrected chi connectivity index (χ3v) is 6.32. The monoisotopic (exact) mass is 210 g/mol. The van der Waals surface area contributed by atoms with Gasteiger partial charge in [-0.25, -0.2) is 0 Å². The van der Waals surface area contributed by atoms with Crippen LogP contribution in [0.25, 0.3) is 0 Å². The molecule has 0 nitrogen and oxygen atoms in total. The molecule has 0 amide bonds. The van der Waals surface area contributed by atoms with Crippen molar-refractivity contribution in [2.75, 3.05) is 23.0 Å². The average molecular weight is 210 g/mol. The summed E-state index contributed by atoms with van der Waals surface area (Å²) in [6, 6.07) is 0. The Morgan fingerprint density at radius 1 is 1.00 bits per heavy atom. The van der Waals surface area contributed by atoms with Crippen molar-refractivity contribution in [3.05, 3.63) is 0 Å². The van der Waals surface area contributed by atoms with E-state index in [9.17, 15) is 0 Å². The molecule has 0 spiro atoms. The molecule has 2 rings (SSSR count). The quantitative estimate of drug-likeness (QED) is 0.388. The first kappa shape index (κ1) is 8.02. The van der Waals surface area contributed by atoms with E-state index in [1.54, 1.807) is 0 Å². The molecule has 4 heteroatoms. The fourth-order valence-electron chi connectivity index (χ4n) is 0.577. The van der Waals surface area contributed by atoms with Crippen molar-refractivity contribution in [3.8, 4) is 0 Å². The molecule has 0 aromatic carbocycles. The summed E-state index contributed by atoms with van der Waals surface area (Å²) >= 11 is 4.21. The van der Waals surface area contributed by atoms with Gasteiger partial charge in [-0.15, -0.1) is 0 Å². The second-order valence-electron chi connectivity index (χ2n) is 2.48. The molecule has 2 atom stereocenters. The molecule has 2 aliphatic heterocycles. The molecular formula is C6H10S4. The summed E-state index contributed by atoms with van der Waals surface area (Å²) < 4.78 is 0. The lowest BCUT2D eigenvalue weighted by Gasteiger charge is -1.94. The Morgan fingerprint density at radius 3 is 1.70 bits per heavy atom. The van der Waals surface area contributed by atoms with Crippen LogP contribution < -0.4 is 0 Å². The first-order chi connectivity index (χ1) is 4.95. The Labute approximate surface area is 78.4 Å². The van der Waals surface area contributed by atoms with Crippen LogP contribution in [0.3, 0.4) is 0 Å². The fourth-order valence-corrected chi connectivity index (χ4v) is 5.37. The molecular weight excluding hydrogens is 200 g/mol. The molecule has 0 saturated carbocycles. The third kappa shape index (κ3) is 3.20. The molecule has 2 heterocycles. The predicted molar refractivity (Wildman–Crippen MR) is 57.4 cm³/mol. The van der Waals surface area contributed by atoms with Gasteiger partial charge in [0.1, 0.15) is 0 Å². The van der Waals surface area contributed by atoms with Gasteiger partial charge in [0.25, 0.3) is 0 Å². The van der Waals surface area contributed by atoms with Crippen molar-refractivity contribution < 1.29 is 0 Å².